The summed E-state index contributed by atoms with van der Waals surface area (Å²) in [6, 6.07) is 0. The van der Waals surface area contributed by atoms with E-state index >= 15 is 0 Å². The molecule has 2 N–H and O–H groups in total. The molecule has 0 aliphatic rings. The van der Waals surface area contributed by atoms with Gasteiger partial charge < -0.3 is 1.43 Å². The van der Waals surface area contributed by atoms with Gasteiger partial charge in [-0.1, -0.05) is 8.67 Å². The minimum absolute atomic E-state index is 0. The largest absolute Gasteiger partial charge is 1.00 e. The molecule has 0 atom stereocenters. The van der Waals surface area contributed by atoms with E-state index in [4.69, 9.17) is 9.11 Å². The van der Waals surface area contributed by atoms with Gasteiger partial charge in [-0.2, -0.15) is 16.8 Å². The second kappa shape index (κ2) is 8.61. The molecule has 0 bridgehead atoms. The van der Waals surface area contributed by atoms with Crippen molar-refractivity contribution in [3.8, 4) is 0 Å². The number of hydrogen-bond acceptors (Lipinski definition) is 6. The summed E-state index contributed by atoms with van der Waals surface area (Å²) in [5.74, 6) is 0. The van der Waals surface area contributed by atoms with Crippen LogP contribution >= 0.6 is 24.8 Å². The molecular formula is H5Cl2NaO8S2. The summed E-state index contributed by atoms with van der Waals surface area (Å²) in [5, 5.41) is 0. The first-order chi connectivity index (χ1) is 4.21. The molecule has 0 spiro atoms. The number of hydrogen-bond donors (Lipinski definition) is 2. The van der Waals surface area contributed by atoms with Crippen LogP contribution in [0.15, 0.2) is 0 Å². The summed E-state index contributed by atoms with van der Waals surface area (Å²) in [5.41, 5.74) is 0. The maximum absolute atomic E-state index is 9.51. The molecule has 13 heteroatoms. The molecule has 0 saturated heterocycles. The van der Waals surface area contributed by atoms with Gasteiger partial charge in [0.2, 0.25) is 0 Å². The molecule has 0 aromatic carbocycles. The summed E-state index contributed by atoms with van der Waals surface area (Å²) in [7, 11) is -10.0. The van der Waals surface area contributed by atoms with Crippen LogP contribution in [0, 0.1) is 0 Å². The normalized spacial score (nSPS) is 10.3. The molecule has 0 fully saturated rings. The SMILES string of the molecule is Cl.Cl.O=S(=O)(O)OOS(=O)(=O)O.[H-].[Na+]. The minimum Gasteiger partial charge on any atom is -1.00 e. The van der Waals surface area contributed by atoms with Crippen LogP contribution in [0.1, 0.15) is 1.43 Å². The van der Waals surface area contributed by atoms with Crippen LogP contribution in [0.5, 0.6) is 0 Å². The Morgan fingerprint density at radius 2 is 1.00 bits per heavy atom. The van der Waals surface area contributed by atoms with Crippen molar-refractivity contribution in [3.05, 3.63) is 0 Å². The van der Waals surface area contributed by atoms with Gasteiger partial charge in [-0.15, -0.1) is 24.8 Å². The third kappa shape index (κ3) is 24.7. The van der Waals surface area contributed by atoms with Crippen molar-refractivity contribution in [3.63, 3.8) is 0 Å². The van der Waals surface area contributed by atoms with Gasteiger partial charge in [0.05, 0.1) is 0 Å². The zero-order valence-electron chi connectivity index (χ0n) is 6.98. The summed E-state index contributed by atoms with van der Waals surface area (Å²) < 4.78 is 58.9. The molecule has 80 valence electrons. The second-order valence-electron chi connectivity index (χ2n) is 0.992. The Balaban J connectivity index is -0.0000000675. The molecule has 8 nitrogen and oxygen atoms in total. The molecule has 0 aliphatic heterocycles. The van der Waals surface area contributed by atoms with Gasteiger partial charge in [0.25, 0.3) is 0 Å². The van der Waals surface area contributed by atoms with Gasteiger partial charge in [-0.3, -0.25) is 9.11 Å². The van der Waals surface area contributed by atoms with Crippen molar-refractivity contribution in [2.24, 2.45) is 0 Å². The first kappa shape index (κ1) is 23.9. The van der Waals surface area contributed by atoms with E-state index in [1.165, 1.54) is 0 Å². The fourth-order valence-corrected chi connectivity index (χ4v) is 0.632. The van der Waals surface area contributed by atoms with E-state index in [0.717, 1.165) is 0 Å². The van der Waals surface area contributed by atoms with Crippen LogP contribution in [0.25, 0.3) is 0 Å². The molecule has 0 saturated carbocycles. The van der Waals surface area contributed by atoms with Crippen molar-refractivity contribution in [1.82, 2.24) is 0 Å². The molecule has 0 unspecified atom stereocenters. The minimum atomic E-state index is -5.02. The Labute approximate surface area is 110 Å². The zero-order chi connectivity index (χ0) is 8.41. The van der Waals surface area contributed by atoms with E-state index < -0.39 is 20.8 Å². The first-order valence-electron chi connectivity index (χ1n) is 1.53. The first-order valence-corrected chi connectivity index (χ1v) is 4.26. The van der Waals surface area contributed by atoms with Crippen molar-refractivity contribution in [2.75, 3.05) is 0 Å². The fourth-order valence-electron chi connectivity index (χ4n) is 0.0702. The third-order valence-electron chi connectivity index (χ3n) is 0.200. The quantitative estimate of drug-likeness (QED) is 0.237. The van der Waals surface area contributed by atoms with Gasteiger partial charge in [0, 0.05) is 0 Å². The predicted molar refractivity (Wildman–Crippen MR) is 40.9 cm³/mol. The van der Waals surface area contributed by atoms with Crippen molar-refractivity contribution >= 4 is 45.6 Å². The van der Waals surface area contributed by atoms with Gasteiger partial charge in [0.1, 0.15) is 0 Å². The molecular weight excluding hydrogens is 286 g/mol. The Morgan fingerprint density at radius 1 is 0.846 bits per heavy atom. The van der Waals surface area contributed by atoms with Crippen LogP contribution < -0.4 is 29.6 Å². The van der Waals surface area contributed by atoms with E-state index in [2.05, 4.69) is 8.67 Å². The van der Waals surface area contributed by atoms with Gasteiger partial charge in [0.15, 0.2) is 0 Å². The summed E-state index contributed by atoms with van der Waals surface area (Å²) >= 11 is 0. The molecule has 13 heavy (non-hydrogen) atoms. The van der Waals surface area contributed by atoms with E-state index in [-0.39, 0.29) is 55.8 Å². The molecule has 0 aromatic heterocycles. The van der Waals surface area contributed by atoms with Crippen LogP contribution in [0.4, 0.5) is 0 Å². The average molecular weight is 291 g/mol. The maximum atomic E-state index is 9.51. The zero-order valence-corrected chi connectivity index (χ0v) is 11.2. The predicted octanol–water partition coefficient (Wildman–Crippen LogP) is -3.50. The van der Waals surface area contributed by atoms with Crippen LogP contribution in [0.2, 0.25) is 0 Å². The molecule has 0 heterocycles. The topological polar surface area (TPSA) is 127 Å². The smallest absolute Gasteiger partial charge is 1.00 e. The third-order valence-corrected chi connectivity index (χ3v) is 0.766. The Hall–Kier alpha value is 1.32. The van der Waals surface area contributed by atoms with E-state index in [9.17, 15) is 16.8 Å². The molecule has 0 aromatic rings. The standard InChI is InChI=1S/2ClH.Na.H2O8S2.H/c;;;1-9(2,3)7-8-10(4,5)6;/h2*1H;;(H,1,2,3)(H,4,5,6);/q;;+1;;-1. The van der Waals surface area contributed by atoms with Crippen molar-refractivity contribution in [2.45, 2.75) is 0 Å². The van der Waals surface area contributed by atoms with Gasteiger partial charge in [-0.05, 0) is 0 Å². The Bertz CT molecular complexity index is 261. The van der Waals surface area contributed by atoms with E-state index in [0.29, 0.717) is 0 Å². The van der Waals surface area contributed by atoms with E-state index in [1.54, 1.807) is 0 Å². The maximum Gasteiger partial charge on any atom is 1.00 e. The van der Waals surface area contributed by atoms with Gasteiger partial charge in [-0.25, -0.2) is 0 Å². The Kier molecular flexibility index (Phi) is 15.8. The monoisotopic (exact) mass is 290 g/mol. The van der Waals surface area contributed by atoms with Crippen LogP contribution in [-0.2, 0) is 29.5 Å². The number of halogens is 2. The molecule has 0 rings (SSSR count). The summed E-state index contributed by atoms with van der Waals surface area (Å²) in [6.45, 7) is 0. The van der Waals surface area contributed by atoms with Crippen LogP contribution in [-0.4, -0.2) is 25.9 Å². The van der Waals surface area contributed by atoms with Crippen LogP contribution in [0.3, 0.4) is 0 Å². The van der Waals surface area contributed by atoms with E-state index in [1.807, 2.05) is 0 Å². The number of rotatable bonds is 3. The second-order valence-corrected chi connectivity index (χ2v) is 2.97. The van der Waals surface area contributed by atoms with Crippen molar-refractivity contribution < 1.29 is 65.6 Å². The summed E-state index contributed by atoms with van der Waals surface area (Å²) in [4.78, 5) is 0. The van der Waals surface area contributed by atoms with Gasteiger partial charge >= 0.3 is 50.4 Å². The Morgan fingerprint density at radius 3 is 1.08 bits per heavy atom. The molecule has 0 radical (unpaired) electrons. The average Bonchev–Trinajstić information content (AvgIpc) is 1.57. The molecule has 0 amide bonds. The molecule has 0 aliphatic carbocycles. The fraction of sp³-hybridized carbons (Fsp3) is 0. The van der Waals surface area contributed by atoms with Crippen molar-refractivity contribution in [1.29, 1.82) is 0 Å². The summed E-state index contributed by atoms with van der Waals surface area (Å²) in [6.07, 6.45) is 0.